The average Bonchev–Trinajstić information content (AvgIpc) is 2.87. The standard InChI is InChI=1S/C16H18N2O2S/c17-21(19,20)16-7-3-4-12(8-16)11-18-15-9-13-5-1-2-6-14(13)10-15/h1-8,15,18H,9-11H2,(H2,17,19,20). The van der Waals surface area contributed by atoms with Crippen molar-refractivity contribution in [3.8, 4) is 0 Å². The Morgan fingerprint density at radius 2 is 1.71 bits per heavy atom. The number of hydrogen-bond acceptors (Lipinski definition) is 3. The third-order valence-electron chi connectivity index (χ3n) is 3.87. The first-order valence-corrected chi connectivity index (χ1v) is 8.49. The van der Waals surface area contributed by atoms with Crippen molar-refractivity contribution >= 4 is 10.0 Å². The van der Waals surface area contributed by atoms with Crippen molar-refractivity contribution in [3.63, 3.8) is 0 Å². The molecule has 2 aromatic rings. The van der Waals surface area contributed by atoms with Gasteiger partial charge in [-0.3, -0.25) is 0 Å². The maximum atomic E-state index is 11.4. The van der Waals surface area contributed by atoms with Gasteiger partial charge in [0.2, 0.25) is 10.0 Å². The molecule has 0 aromatic heterocycles. The monoisotopic (exact) mass is 302 g/mol. The number of rotatable bonds is 4. The van der Waals surface area contributed by atoms with E-state index in [0.29, 0.717) is 12.6 Å². The van der Waals surface area contributed by atoms with E-state index in [2.05, 4.69) is 29.6 Å². The van der Waals surface area contributed by atoms with Gasteiger partial charge in [-0.15, -0.1) is 0 Å². The van der Waals surface area contributed by atoms with Crippen LogP contribution in [0.2, 0.25) is 0 Å². The van der Waals surface area contributed by atoms with Gasteiger partial charge in [0.05, 0.1) is 4.90 Å². The van der Waals surface area contributed by atoms with Crippen LogP contribution in [0.1, 0.15) is 16.7 Å². The second-order valence-corrected chi connectivity index (χ2v) is 7.01. The van der Waals surface area contributed by atoms with Crippen LogP contribution in [0.25, 0.3) is 0 Å². The fourth-order valence-corrected chi connectivity index (χ4v) is 3.38. The molecule has 2 aromatic carbocycles. The number of nitrogens with one attached hydrogen (secondary N) is 1. The quantitative estimate of drug-likeness (QED) is 0.901. The molecule has 110 valence electrons. The number of primary sulfonamides is 1. The summed E-state index contributed by atoms with van der Waals surface area (Å²) in [5.74, 6) is 0. The summed E-state index contributed by atoms with van der Waals surface area (Å²) in [6.45, 7) is 0.641. The van der Waals surface area contributed by atoms with E-state index >= 15 is 0 Å². The molecule has 1 aliphatic rings. The summed E-state index contributed by atoms with van der Waals surface area (Å²) in [6, 6.07) is 15.6. The summed E-state index contributed by atoms with van der Waals surface area (Å²) < 4.78 is 22.7. The van der Waals surface area contributed by atoms with Crippen LogP contribution in [-0.4, -0.2) is 14.5 Å². The minimum absolute atomic E-state index is 0.163. The predicted octanol–water partition coefficient (Wildman–Crippen LogP) is 1.59. The lowest BCUT2D eigenvalue weighted by molar-refractivity contribution is 0.532. The number of sulfonamides is 1. The molecule has 0 bridgehead atoms. The lowest BCUT2D eigenvalue weighted by Crippen LogP contribution is -2.29. The molecular formula is C16H18N2O2S. The average molecular weight is 302 g/mol. The predicted molar refractivity (Wildman–Crippen MR) is 82.3 cm³/mol. The highest BCUT2D eigenvalue weighted by Crippen LogP contribution is 2.22. The van der Waals surface area contributed by atoms with Crippen LogP contribution in [-0.2, 0) is 29.4 Å². The van der Waals surface area contributed by atoms with Gasteiger partial charge in [-0.25, -0.2) is 13.6 Å². The van der Waals surface area contributed by atoms with Crippen molar-refractivity contribution in [1.82, 2.24) is 5.32 Å². The van der Waals surface area contributed by atoms with Gasteiger partial charge in [-0.1, -0.05) is 36.4 Å². The second-order valence-electron chi connectivity index (χ2n) is 5.45. The summed E-state index contributed by atoms with van der Waals surface area (Å²) in [5.41, 5.74) is 3.72. The Morgan fingerprint density at radius 3 is 2.33 bits per heavy atom. The van der Waals surface area contributed by atoms with Crippen LogP contribution in [0.15, 0.2) is 53.4 Å². The Hall–Kier alpha value is -1.69. The summed E-state index contributed by atoms with van der Waals surface area (Å²) in [7, 11) is -3.63. The molecule has 0 saturated carbocycles. The highest BCUT2D eigenvalue weighted by molar-refractivity contribution is 7.89. The Balaban J connectivity index is 1.65. The number of fused-ring (bicyclic) bond motifs is 1. The van der Waals surface area contributed by atoms with Crippen LogP contribution in [0.3, 0.4) is 0 Å². The van der Waals surface area contributed by atoms with Gasteiger partial charge in [0, 0.05) is 12.6 Å². The van der Waals surface area contributed by atoms with Crippen LogP contribution >= 0.6 is 0 Å². The van der Waals surface area contributed by atoms with Crippen molar-refractivity contribution in [1.29, 1.82) is 0 Å². The second kappa shape index (κ2) is 5.60. The third-order valence-corrected chi connectivity index (χ3v) is 4.78. The molecule has 0 radical (unpaired) electrons. The van der Waals surface area contributed by atoms with E-state index in [1.165, 1.54) is 17.2 Å². The largest absolute Gasteiger partial charge is 0.309 e. The summed E-state index contributed by atoms with van der Waals surface area (Å²) in [4.78, 5) is 0.163. The van der Waals surface area contributed by atoms with Crippen LogP contribution in [0, 0.1) is 0 Å². The minimum Gasteiger partial charge on any atom is -0.309 e. The molecule has 1 aliphatic carbocycles. The normalized spacial score (nSPS) is 15.1. The molecule has 0 saturated heterocycles. The highest BCUT2D eigenvalue weighted by atomic mass is 32.2. The molecule has 4 nitrogen and oxygen atoms in total. The van der Waals surface area contributed by atoms with E-state index in [0.717, 1.165) is 18.4 Å². The molecule has 3 N–H and O–H groups in total. The molecule has 0 aliphatic heterocycles. The van der Waals surface area contributed by atoms with Gasteiger partial charge in [-0.05, 0) is 41.7 Å². The zero-order valence-corrected chi connectivity index (χ0v) is 12.4. The molecular weight excluding hydrogens is 284 g/mol. The molecule has 0 unspecified atom stereocenters. The van der Waals surface area contributed by atoms with Gasteiger partial charge in [0.15, 0.2) is 0 Å². The maximum absolute atomic E-state index is 11.4. The zero-order chi connectivity index (χ0) is 14.9. The molecule has 0 spiro atoms. The molecule has 0 atom stereocenters. The zero-order valence-electron chi connectivity index (χ0n) is 11.6. The Bertz CT molecular complexity index is 731. The van der Waals surface area contributed by atoms with E-state index in [9.17, 15) is 8.42 Å². The first-order valence-electron chi connectivity index (χ1n) is 6.94. The van der Waals surface area contributed by atoms with E-state index in [1.807, 2.05) is 6.07 Å². The number of hydrogen-bond donors (Lipinski definition) is 2. The Morgan fingerprint density at radius 1 is 1.05 bits per heavy atom. The Labute approximate surface area is 125 Å². The molecule has 21 heavy (non-hydrogen) atoms. The van der Waals surface area contributed by atoms with Crippen molar-refractivity contribution in [2.24, 2.45) is 5.14 Å². The van der Waals surface area contributed by atoms with Crippen LogP contribution < -0.4 is 10.5 Å². The van der Waals surface area contributed by atoms with E-state index in [4.69, 9.17) is 5.14 Å². The van der Waals surface area contributed by atoms with E-state index < -0.39 is 10.0 Å². The summed E-state index contributed by atoms with van der Waals surface area (Å²) >= 11 is 0. The van der Waals surface area contributed by atoms with E-state index in [-0.39, 0.29) is 4.90 Å². The van der Waals surface area contributed by atoms with E-state index in [1.54, 1.807) is 12.1 Å². The van der Waals surface area contributed by atoms with Gasteiger partial charge in [0.1, 0.15) is 0 Å². The Kier molecular flexibility index (Phi) is 3.80. The number of nitrogens with two attached hydrogens (primary N) is 1. The summed E-state index contributed by atoms with van der Waals surface area (Å²) in [5, 5.41) is 8.64. The maximum Gasteiger partial charge on any atom is 0.238 e. The van der Waals surface area contributed by atoms with Crippen molar-refractivity contribution < 1.29 is 8.42 Å². The first kappa shape index (κ1) is 14.3. The van der Waals surface area contributed by atoms with Crippen LogP contribution in [0.4, 0.5) is 0 Å². The first-order chi connectivity index (χ1) is 10.0. The molecule has 0 heterocycles. The number of benzene rings is 2. The van der Waals surface area contributed by atoms with Gasteiger partial charge >= 0.3 is 0 Å². The topological polar surface area (TPSA) is 72.2 Å². The lowest BCUT2D eigenvalue weighted by atomic mass is 10.1. The summed E-state index contributed by atoms with van der Waals surface area (Å²) in [6.07, 6.45) is 2.04. The van der Waals surface area contributed by atoms with Gasteiger partial charge in [0.25, 0.3) is 0 Å². The highest BCUT2D eigenvalue weighted by Gasteiger charge is 2.20. The molecule has 0 fully saturated rings. The van der Waals surface area contributed by atoms with Crippen molar-refractivity contribution in [2.75, 3.05) is 0 Å². The third kappa shape index (κ3) is 3.32. The molecule has 5 heteroatoms. The van der Waals surface area contributed by atoms with Gasteiger partial charge < -0.3 is 5.32 Å². The van der Waals surface area contributed by atoms with Crippen molar-refractivity contribution in [2.45, 2.75) is 30.3 Å². The lowest BCUT2D eigenvalue weighted by Gasteiger charge is -2.12. The molecule has 0 amide bonds. The van der Waals surface area contributed by atoms with Crippen LogP contribution in [0.5, 0.6) is 0 Å². The van der Waals surface area contributed by atoms with Crippen molar-refractivity contribution in [3.05, 3.63) is 65.2 Å². The fraction of sp³-hybridized carbons (Fsp3) is 0.250. The fourth-order valence-electron chi connectivity index (χ4n) is 2.80. The SMILES string of the molecule is NS(=O)(=O)c1cccc(CNC2Cc3ccccc3C2)c1. The van der Waals surface area contributed by atoms with Gasteiger partial charge in [-0.2, -0.15) is 0 Å². The molecule has 3 rings (SSSR count). The minimum atomic E-state index is -3.63. The smallest absolute Gasteiger partial charge is 0.238 e.